The standard InChI is InChI=1S/C24H31N3O4S/c1-4-26-14-12-18-8-10-20(16-21(18)26)25-24(28)19-9-11-22(31-3)23(15-19)32(29,30)27-13-6-5-7-17(27)2/h8-11,15-17H,4-7,12-14H2,1-3H3,(H,25,28). The lowest BCUT2D eigenvalue weighted by Gasteiger charge is -2.32. The molecule has 0 bridgehead atoms. The molecule has 0 aliphatic carbocycles. The van der Waals surface area contributed by atoms with E-state index in [4.69, 9.17) is 4.74 Å². The van der Waals surface area contributed by atoms with Gasteiger partial charge < -0.3 is 15.0 Å². The van der Waals surface area contributed by atoms with Gasteiger partial charge in [0.2, 0.25) is 10.0 Å². The normalized spacial score (nSPS) is 19.0. The average molecular weight is 458 g/mol. The van der Waals surface area contributed by atoms with Crippen molar-refractivity contribution in [1.82, 2.24) is 4.31 Å². The molecule has 1 atom stereocenters. The van der Waals surface area contributed by atoms with Gasteiger partial charge in [-0.3, -0.25) is 4.79 Å². The maximum atomic E-state index is 13.4. The van der Waals surface area contributed by atoms with Crippen molar-refractivity contribution in [2.45, 2.75) is 50.5 Å². The lowest BCUT2D eigenvalue weighted by molar-refractivity contribution is 0.102. The number of sulfonamides is 1. The third-order valence-electron chi connectivity index (χ3n) is 6.47. The molecule has 172 valence electrons. The van der Waals surface area contributed by atoms with Crippen molar-refractivity contribution in [1.29, 1.82) is 0 Å². The zero-order valence-electron chi connectivity index (χ0n) is 18.9. The summed E-state index contributed by atoms with van der Waals surface area (Å²) in [6, 6.07) is 10.4. The van der Waals surface area contributed by atoms with E-state index in [9.17, 15) is 13.2 Å². The largest absolute Gasteiger partial charge is 0.495 e. The number of likely N-dealkylation sites (N-methyl/N-ethyl adjacent to an activating group) is 1. The summed E-state index contributed by atoms with van der Waals surface area (Å²) < 4.78 is 33.7. The van der Waals surface area contributed by atoms with Crippen LogP contribution in [0.4, 0.5) is 11.4 Å². The summed E-state index contributed by atoms with van der Waals surface area (Å²) >= 11 is 0. The van der Waals surface area contributed by atoms with Gasteiger partial charge in [-0.15, -0.1) is 0 Å². The maximum Gasteiger partial charge on any atom is 0.255 e. The van der Waals surface area contributed by atoms with Crippen LogP contribution in [0.1, 0.15) is 49.0 Å². The van der Waals surface area contributed by atoms with Crippen molar-refractivity contribution in [3.8, 4) is 5.75 Å². The molecule has 32 heavy (non-hydrogen) atoms. The van der Waals surface area contributed by atoms with Gasteiger partial charge in [0.1, 0.15) is 10.6 Å². The van der Waals surface area contributed by atoms with Crippen molar-refractivity contribution >= 4 is 27.3 Å². The lowest BCUT2D eigenvalue weighted by Crippen LogP contribution is -2.42. The number of piperidine rings is 1. The highest BCUT2D eigenvalue weighted by Crippen LogP contribution is 2.33. The third kappa shape index (κ3) is 4.21. The van der Waals surface area contributed by atoms with Crippen LogP contribution in [0.2, 0.25) is 0 Å². The molecule has 0 spiro atoms. The predicted octanol–water partition coefficient (Wildman–Crippen LogP) is 3.89. The highest BCUT2D eigenvalue weighted by atomic mass is 32.2. The minimum absolute atomic E-state index is 0.0347. The molecule has 0 aromatic heterocycles. The second kappa shape index (κ2) is 9.11. The number of nitrogens with zero attached hydrogens (tertiary/aromatic N) is 2. The molecule has 4 rings (SSSR count). The van der Waals surface area contributed by atoms with Crippen LogP contribution in [0.5, 0.6) is 5.75 Å². The molecular formula is C24H31N3O4S. The molecule has 2 aromatic carbocycles. The summed E-state index contributed by atoms with van der Waals surface area (Å²) in [4.78, 5) is 15.3. The number of methoxy groups -OCH3 is 1. The summed E-state index contributed by atoms with van der Waals surface area (Å²) in [5, 5.41) is 2.92. The van der Waals surface area contributed by atoms with Gasteiger partial charge in [-0.25, -0.2) is 8.42 Å². The first-order chi connectivity index (χ1) is 15.3. The monoisotopic (exact) mass is 457 g/mol. The number of rotatable bonds is 6. The summed E-state index contributed by atoms with van der Waals surface area (Å²) in [6.07, 6.45) is 3.68. The molecule has 1 N–H and O–H groups in total. The molecule has 0 radical (unpaired) electrons. The topological polar surface area (TPSA) is 79.0 Å². The molecule has 1 amide bonds. The first kappa shape index (κ1) is 22.6. The molecular weight excluding hydrogens is 426 g/mol. The van der Waals surface area contributed by atoms with Crippen molar-refractivity contribution in [3.05, 3.63) is 47.5 Å². The fraction of sp³-hybridized carbons (Fsp3) is 0.458. The molecule has 1 fully saturated rings. The number of hydrogen-bond donors (Lipinski definition) is 1. The van der Waals surface area contributed by atoms with Gasteiger partial charge in [0.25, 0.3) is 5.91 Å². The Hall–Kier alpha value is -2.58. The number of nitrogens with one attached hydrogen (secondary N) is 1. The van der Waals surface area contributed by atoms with E-state index in [0.717, 1.165) is 44.5 Å². The van der Waals surface area contributed by atoms with E-state index in [1.807, 2.05) is 25.1 Å². The quantitative estimate of drug-likeness (QED) is 0.712. The molecule has 2 heterocycles. The first-order valence-corrected chi connectivity index (χ1v) is 12.7. The Labute approximate surface area is 190 Å². The van der Waals surface area contributed by atoms with Crippen LogP contribution in [0, 0.1) is 0 Å². The van der Waals surface area contributed by atoms with Gasteiger partial charge in [0.15, 0.2) is 0 Å². The number of fused-ring (bicyclic) bond motifs is 1. The molecule has 1 saturated heterocycles. The van der Waals surface area contributed by atoms with Crippen LogP contribution >= 0.6 is 0 Å². The van der Waals surface area contributed by atoms with E-state index in [1.54, 1.807) is 12.1 Å². The Balaban J connectivity index is 1.62. The molecule has 7 nitrogen and oxygen atoms in total. The zero-order chi connectivity index (χ0) is 22.9. The van der Waals surface area contributed by atoms with Crippen molar-refractivity contribution in [3.63, 3.8) is 0 Å². The molecule has 2 aliphatic heterocycles. The van der Waals surface area contributed by atoms with Crippen LogP contribution in [0.25, 0.3) is 0 Å². The smallest absolute Gasteiger partial charge is 0.255 e. The van der Waals surface area contributed by atoms with E-state index in [0.29, 0.717) is 12.2 Å². The maximum absolute atomic E-state index is 13.4. The summed E-state index contributed by atoms with van der Waals surface area (Å²) in [5.74, 6) is -0.104. The van der Waals surface area contributed by atoms with Gasteiger partial charge in [0, 0.05) is 42.6 Å². The molecule has 1 unspecified atom stereocenters. The fourth-order valence-electron chi connectivity index (χ4n) is 4.63. The van der Waals surface area contributed by atoms with Crippen LogP contribution < -0.4 is 15.0 Å². The number of carbonyl (C=O) groups excluding carboxylic acids is 1. The van der Waals surface area contributed by atoms with Gasteiger partial charge >= 0.3 is 0 Å². The molecule has 0 saturated carbocycles. The fourth-order valence-corrected chi connectivity index (χ4v) is 6.51. The van der Waals surface area contributed by atoms with Crippen LogP contribution in [-0.2, 0) is 16.4 Å². The minimum Gasteiger partial charge on any atom is -0.495 e. The van der Waals surface area contributed by atoms with E-state index >= 15 is 0 Å². The van der Waals surface area contributed by atoms with Crippen molar-refractivity contribution in [2.24, 2.45) is 0 Å². The number of benzene rings is 2. The van der Waals surface area contributed by atoms with Crippen molar-refractivity contribution < 1.29 is 17.9 Å². The van der Waals surface area contributed by atoms with Crippen LogP contribution in [-0.4, -0.2) is 51.4 Å². The second-order valence-corrected chi connectivity index (χ2v) is 10.3. The highest BCUT2D eigenvalue weighted by molar-refractivity contribution is 7.89. The summed E-state index contributed by atoms with van der Waals surface area (Å²) in [7, 11) is -2.34. The predicted molar refractivity (Wildman–Crippen MR) is 126 cm³/mol. The Morgan fingerprint density at radius 1 is 1.16 bits per heavy atom. The van der Waals surface area contributed by atoms with E-state index in [2.05, 4.69) is 17.1 Å². The number of carbonyl (C=O) groups is 1. The van der Waals surface area contributed by atoms with Crippen LogP contribution in [0.15, 0.2) is 41.3 Å². The molecule has 2 aliphatic rings. The molecule has 8 heteroatoms. The van der Waals surface area contributed by atoms with E-state index in [1.165, 1.54) is 23.0 Å². The average Bonchev–Trinajstić information content (AvgIpc) is 3.21. The van der Waals surface area contributed by atoms with E-state index in [-0.39, 0.29) is 28.2 Å². The summed E-state index contributed by atoms with van der Waals surface area (Å²) in [5.41, 5.74) is 3.39. The number of anilines is 2. The zero-order valence-corrected chi connectivity index (χ0v) is 19.7. The second-order valence-electron chi connectivity index (χ2n) is 8.45. The first-order valence-electron chi connectivity index (χ1n) is 11.2. The van der Waals surface area contributed by atoms with Gasteiger partial charge in [-0.05, 0) is 69.0 Å². The minimum atomic E-state index is -3.78. The third-order valence-corrected chi connectivity index (χ3v) is 8.51. The van der Waals surface area contributed by atoms with Gasteiger partial charge in [0.05, 0.1) is 7.11 Å². The Bertz CT molecular complexity index is 1120. The van der Waals surface area contributed by atoms with E-state index < -0.39 is 10.0 Å². The Morgan fingerprint density at radius 3 is 2.69 bits per heavy atom. The number of ether oxygens (including phenoxy) is 1. The van der Waals surface area contributed by atoms with Gasteiger partial charge in [-0.1, -0.05) is 12.5 Å². The van der Waals surface area contributed by atoms with Gasteiger partial charge in [-0.2, -0.15) is 4.31 Å². The number of hydrogen-bond acceptors (Lipinski definition) is 5. The number of amides is 1. The lowest BCUT2D eigenvalue weighted by atomic mass is 10.1. The molecule has 2 aromatic rings. The summed E-state index contributed by atoms with van der Waals surface area (Å²) in [6.45, 7) is 6.42. The SMILES string of the molecule is CCN1CCc2ccc(NC(=O)c3ccc(OC)c(S(=O)(=O)N4CCCCC4C)c3)cc21. The highest BCUT2D eigenvalue weighted by Gasteiger charge is 2.33. The Kier molecular flexibility index (Phi) is 6.44. The van der Waals surface area contributed by atoms with Crippen LogP contribution in [0.3, 0.4) is 0 Å². The Morgan fingerprint density at radius 2 is 1.97 bits per heavy atom. The van der Waals surface area contributed by atoms with Crippen molar-refractivity contribution in [2.75, 3.05) is 37.0 Å².